The molecular weight excluding hydrogens is 350 g/mol. The van der Waals surface area contributed by atoms with Crippen molar-refractivity contribution in [2.45, 2.75) is 33.1 Å². The van der Waals surface area contributed by atoms with Crippen LogP contribution in [0.15, 0.2) is 48.5 Å². The van der Waals surface area contributed by atoms with Crippen molar-refractivity contribution < 1.29 is 9.59 Å². The van der Waals surface area contributed by atoms with Crippen LogP contribution >= 0.6 is 0 Å². The molecule has 0 unspecified atom stereocenters. The molecule has 148 valence electrons. The highest BCUT2D eigenvalue weighted by Crippen LogP contribution is 2.20. The van der Waals surface area contributed by atoms with Crippen LogP contribution in [0.5, 0.6) is 0 Å². The van der Waals surface area contributed by atoms with Crippen LogP contribution in [0.3, 0.4) is 0 Å². The smallest absolute Gasteiger partial charge is 0.253 e. The third-order valence-corrected chi connectivity index (χ3v) is 5.14. The molecule has 5 heteroatoms. The lowest BCUT2D eigenvalue weighted by Crippen LogP contribution is -2.48. The maximum atomic E-state index is 12.6. The molecule has 1 aliphatic heterocycles. The Morgan fingerprint density at radius 2 is 1.57 bits per heavy atom. The number of nitrogens with zero attached hydrogens (tertiary/aromatic N) is 2. The van der Waals surface area contributed by atoms with E-state index in [9.17, 15) is 9.59 Å². The van der Waals surface area contributed by atoms with E-state index < -0.39 is 0 Å². The highest BCUT2D eigenvalue weighted by molar-refractivity contribution is 5.94. The van der Waals surface area contributed by atoms with Crippen molar-refractivity contribution >= 4 is 23.2 Å². The SMILES string of the molecule is CCCCC(=O)Nc1ccc(N2CCN(C(=O)c3ccc(C)cc3)CC2)cc1. The molecule has 0 aromatic heterocycles. The predicted molar refractivity (Wildman–Crippen MR) is 114 cm³/mol. The number of rotatable bonds is 6. The van der Waals surface area contributed by atoms with Crippen LogP contribution < -0.4 is 10.2 Å². The van der Waals surface area contributed by atoms with Gasteiger partial charge in [0.05, 0.1) is 0 Å². The normalized spacial score (nSPS) is 14.1. The molecule has 0 radical (unpaired) electrons. The summed E-state index contributed by atoms with van der Waals surface area (Å²) in [6, 6.07) is 15.7. The molecule has 0 spiro atoms. The summed E-state index contributed by atoms with van der Waals surface area (Å²) >= 11 is 0. The lowest BCUT2D eigenvalue weighted by atomic mass is 10.1. The van der Waals surface area contributed by atoms with Gasteiger partial charge in [0, 0.05) is 49.5 Å². The van der Waals surface area contributed by atoms with Crippen molar-refractivity contribution in [3.05, 3.63) is 59.7 Å². The summed E-state index contributed by atoms with van der Waals surface area (Å²) in [5, 5.41) is 2.94. The zero-order chi connectivity index (χ0) is 19.9. The Morgan fingerprint density at radius 3 is 2.18 bits per heavy atom. The molecule has 1 aliphatic rings. The van der Waals surface area contributed by atoms with Crippen LogP contribution in [0, 0.1) is 6.92 Å². The Bertz CT molecular complexity index is 792. The van der Waals surface area contributed by atoms with Crippen LogP contribution in [-0.4, -0.2) is 42.9 Å². The topological polar surface area (TPSA) is 52.7 Å². The number of aryl methyl sites for hydroxylation is 1. The molecule has 2 aromatic carbocycles. The molecule has 28 heavy (non-hydrogen) atoms. The molecule has 1 fully saturated rings. The number of benzene rings is 2. The Labute approximate surface area is 167 Å². The fourth-order valence-electron chi connectivity index (χ4n) is 3.36. The van der Waals surface area contributed by atoms with E-state index in [0.717, 1.165) is 48.4 Å². The average Bonchev–Trinajstić information content (AvgIpc) is 2.73. The van der Waals surface area contributed by atoms with E-state index in [0.29, 0.717) is 19.5 Å². The van der Waals surface area contributed by atoms with Crippen molar-refractivity contribution in [1.82, 2.24) is 4.90 Å². The molecule has 1 N–H and O–H groups in total. The van der Waals surface area contributed by atoms with Crippen LogP contribution in [0.2, 0.25) is 0 Å². The summed E-state index contributed by atoms with van der Waals surface area (Å²) in [4.78, 5) is 28.7. The Balaban J connectivity index is 1.52. The van der Waals surface area contributed by atoms with Crippen LogP contribution in [-0.2, 0) is 4.79 Å². The largest absolute Gasteiger partial charge is 0.368 e. The van der Waals surface area contributed by atoms with Crippen molar-refractivity contribution in [3.63, 3.8) is 0 Å². The van der Waals surface area contributed by atoms with Crippen LogP contribution in [0.4, 0.5) is 11.4 Å². The minimum absolute atomic E-state index is 0.0674. The fourth-order valence-corrected chi connectivity index (χ4v) is 3.36. The first-order chi connectivity index (χ1) is 13.6. The number of carbonyl (C=O) groups excluding carboxylic acids is 2. The van der Waals surface area contributed by atoms with Gasteiger partial charge >= 0.3 is 0 Å². The summed E-state index contributed by atoms with van der Waals surface area (Å²) < 4.78 is 0. The fraction of sp³-hybridized carbons (Fsp3) is 0.391. The molecule has 5 nitrogen and oxygen atoms in total. The second-order valence-electron chi connectivity index (χ2n) is 7.34. The molecule has 2 amide bonds. The van der Waals surface area contributed by atoms with Crippen molar-refractivity contribution in [3.8, 4) is 0 Å². The van der Waals surface area contributed by atoms with Gasteiger partial charge in [-0.2, -0.15) is 0 Å². The summed E-state index contributed by atoms with van der Waals surface area (Å²) in [6.07, 6.45) is 2.50. The second-order valence-corrected chi connectivity index (χ2v) is 7.34. The van der Waals surface area contributed by atoms with Crippen molar-refractivity contribution in [2.24, 2.45) is 0 Å². The molecule has 0 atom stereocenters. The average molecular weight is 380 g/mol. The van der Waals surface area contributed by atoms with Gasteiger partial charge in [-0.15, -0.1) is 0 Å². The van der Waals surface area contributed by atoms with Gasteiger partial charge in [-0.25, -0.2) is 0 Å². The first-order valence-corrected chi connectivity index (χ1v) is 10.1. The number of piperazine rings is 1. The molecule has 3 rings (SSSR count). The predicted octanol–water partition coefficient (Wildman–Crippen LogP) is 4.09. The minimum atomic E-state index is 0.0674. The zero-order valence-corrected chi connectivity index (χ0v) is 16.8. The summed E-state index contributed by atoms with van der Waals surface area (Å²) in [5.74, 6) is 0.169. The van der Waals surface area contributed by atoms with E-state index in [1.54, 1.807) is 0 Å². The Morgan fingerprint density at radius 1 is 0.929 bits per heavy atom. The van der Waals surface area contributed by atoms with Gasteiger partial charge < -0.3 is 15.1 Å². The Hall–Kier alpha value is -2.82. The Kier molecular flexibility index (Phi) is 6.69. The molecule has 2 aromatic rings. The van der Waals surface area contributed by atoms with E-state index in [-0.39, 0.29) is 11.8 Å². The van der Waals surface area contributed by atoms with Gasteiger partial charge in [0.25, 0.3) is 5.91 Å². The summed E-state index contributed by atoms with van der Waals surface area (Å²) in [7, 11) is 0. The molecular formula is C23H29N3O2. The number of amides is 2. The molecule has 0 aliphatic carbocycles. The second kappa shape index (κ2) is 9.40. The lowest BCUT2D eigenvalue weighted by Gasteiger charge is -2.36. The monoisotopic (exact) mass is 379 g/mol. The number of nitrogens with one attached hydrogen (secondary N) is 1. The van der Waals surface area contributed by atoms with Crippen LogP contribution in [0.1, 0.15) is 42.1 Å². The van der Waals surface area contributed by atoms with Gasteiger partial charge in [-0.1, -0.05) is 31.0 Å². The molecule has 0 saturated carbocycles. The zero-order valence-electron chi connectivity index (χ0n) is 16.8. The van der Waals surface area contributed by atoms with E-state index in [1.165, 1.54) is 0 Å². The number of anilines is 2. The first kappa shape index (κ1) is 19.9. The van der Waals surface area contributed by atoms with Crippen LogP contribution in [0.25, 0.3) is 0 Å². The van der Waals surface area contributed by atoms with E-state index >= 15 is 0 Å². The minimum Gasteiger partial charge on any atom is -0.368 e. The van der Waals surface area contributed by atoms with E-state index in [2.05, 4.69) is 17.1 Å². The lowest BCUT2D eigenvalue weighted by molar-refractivity contribution is -0.116. The first-order valence-electron chi connectivity index (χ1n) is 10.1. The van der Waals surface area contributed by atoms with Crippen molar-refractivity contribution in [1.29, 1.82) is 0 Å². The van der Waals surface area contributed by atoms with Gasteiger partial charge in [0.2, 0.25) is 5.91 Å². The van der Waals surface area contributed by atoms with Gasteiger partial charge in [0.15, 0.2) is 0 Å². The molecule has 1 saturated heterocycles. The molecule has 1 heterocycles. The highest BCUT2D eigenvalue weighted by Gasteiger charge is 2.22. The van der Waals surface area contributed by atoms with E-state index in [1.807, 2.05) is 60.4 Å². The van der Waals surface area contributed by atoms with Gasteiger partial charge in [-0.3, -0.25) is 9.59 Å². The van der Waals surface area contributed by atoms with Crippen molar-refractivity contribution in [2.75, 3.05) is 36.4 Å². The maximum absolute atomic E-state index is 12.6. The highest BCUT2D eigenvalue weighted by atomic mass is 16.2. The number of carbonyl (C=O) groups is 2. The number of unbranched alkanes of at least 4 members (excludes halogenated alkanes) is 1. The number of hydrogen-bond acceptors (Lipinski definition) is 3. The molecule has 0 bridgehead atoms. The van der Waals surface area contributed by atoms with Gasteiger partial charge in [0.1, 0.15) is 0 Å². The standard InChI is InChI=1S/C23H29N3O2/c1-3-4-5-22(27)24-20-10-12-21(13-11-20)25-14-16-26(17-15-25)23(28)19-8-6-18(2)7-9-19/h6-13H,3-5,14-17H2,1-2H3,(H,24,27). The summed E-state index contributed by atoms with van der Waals surface area (Å²) in [6.45, 7) is 7.13. The van der Waals surface area contributed by atoms with Gasteiger partial charge in [-0.05, 0) is 49.7 Å². The maximum Gasteiger partial charge on any atom is 0.253 e. The van der Waals surface area contributed by atoms with E-state index in [4.69, 9.17) is 0 Å². The summed E-state index contributed by atoms with van der Waals surface area (Å²) in [5.41, 5.74) is 3.86. The third kappa shape index (κ3) is 5.12. The number of hydrogen-bond donors (Lipinski definition) is 1. The third-order valence-electron chi connectivity index (χ3n) is 5.14. The quantitative estimate of drug-likeness (QED) is 0.823.